The molecule has 0 fully saturated rings. The molecule has 0 spiro atoms. The van der Waals surface area contributed by atoms with Crippen molar-refractivity contribution < 1.29 is 4.79 Å². The molecule has 0 saturated heterocycles. The average Bonchev–Trinajstić information content (AvgIpc) is 1.89. The standard InChI is InChI=1S/C9H14O/c1-4-6-9(3,8-10)7-5-2/h4-8H,1-3H3/b6-4-,7-5-. The molecule has 0 aliphatic carbocycles. The molecule has 0 saturated carbocycles. The van der Waals surface area contributed by atoms with Crippen LogP contribution in [0.15, 0.2) is 24.3 Å². The third-order valence-electron chi connectivity index (χ3n) is 1.31. The molecule has 0 radical (unpaired) electrons. The highest BCUT2D eigenvalue weighted by Gasteiger charge is 2.13. The fourth-order valence-electron chi connectivity index (χ4n) is 0.852. The SMILES string of the molecule is C/C=C\C(C)(C=O)/C=C\C. The van der Waals surface area contributed by atoms with Gasteiger partial charge in [-0.15, -0.1) is 0 Å². The minimum absolute atomic E-state index is 0.399. The number of allylic oxidation sites excluding steroid dienone is 4. The van der Waals surface area contributed by atoms with Gasteiger partial charge in [0.2, 0.25) is 0 Å². The fraction of sp³-hybridized carbons (Fsp3) is 0.444. The van der Waals surface area contributed by atoms with E-state index in [1.165, 1.54) is 0 Å². The van der Waals surface area contributed by atoms with Crippen LogP contribution in [0.3, 0.4) is 0 Å². The van der Waals surface area contributed by atoms with Gasteiger partial charge in [0.05, 0.1) is 5.41 Å². The van der Waals surface area contributed by atoms with Gasteiger partial charge in [-0.2, -0.15) is 0 Å². The van der Waals surface area contributed by atoms with E-state index < -0.39 is 5.41 Å². The Balaban J connectivity index is 4.37. The summed E-state index contributed by atoms with van der Waals surface area (Å²) < 4.78 is 0. The lowest BCUT2D eigenvalue weighted by atomic mass is 9.92. The summed E-state index contributed by atoms with van der Waals surface area (Å²) in [4.78, 5) is 10.5. The number of carbonyl (C=O) groups is 1. The van der Waals surface area contributed by atoms with Gasteiger partial charge in [0.15, 0.2) is 0 Å². The third kappa shape index (κ3) is 2.62. The molecule has 0 amide bonds. The Morgan fingerprint density at radius 2 is 1.50 bits per heavy atom. The Hall–Kier alpha value is -0.850. The summed E-state index contributed by atoms with van der Waals surface area (Å²) in [5, 5.41) is 0. The van der Waals surface area contributed by atoms with E-state index in [0.29, 0.717) is 0 Å². The molecule has 0 aliphatic heterocycles. The molecule has 0 bridgehead atoms. The molecule has 0 unspecified atom stereocenters. The molecule has 56 valence electrons. The van der Waals surface area contributed by atoms with Gasteiger partial charge in [-0.05, 0) is 20.8 Å². The monoisotopic (exact) mass is 138 g/mol. The predicted molar refractivity (Wildman–Crippen MR) is 43.8 cm³/mol. The average molecular weight is 138 g/mol. The molecule has 0 N–H and O–H groups in total. The zero-order valence-corrected chi connectivity index (χ0v) is 6.79. The van der Waals surface area contributed by atoms with Crippen LogP contribution in [0.25, 0.3) is 0 Å². The summed E-state index contributed by atoms with van der Waals surface area (Å²) in [6, 6.07) is 0. The van der Waals surface area contributed by atoms with Crippen LogP contribution < -0.4 is 0 Å². The van der Waals surface area contributed by atoms with Crippen molar-refractivity contribution in [3.8, 4) is 0 Å². The molecule has 10 heavy (non-hydrogen) atoms. The molecule has 0 rings (SSSR count). The number of hydrogen-bond donors (Lipinski definition) is 0. The molecule has 1 nitrogen and oxygen atoms in total. The van der Waals surface area contributed by atoms with Crippen LogP contribution in [0, 0.1) is 5.41 Å². The summed E-state index contributed by atoms with van der Waals surface area (Å²) in [5.74, 6) is 0. The van der Waals surface area contributed by atoms with Gasteiger partial charge in [-0.3, -0.25) is 0 Å². The van der Waals surface area contributed by atoms with Gasteiger partial charge in [-0.25, -0.2) is 0 Å². The lowest BCUT2D eigenvalue weighted by Gasteiger charge is -2.11. The van der Waals surface area contributed by atoms with Crippen molar-refractivity contribution in [2.24, 2.45) is 5.41 Å². The van der Waals surface area contributed by atoms with Crippen molar-refractivity contribution in [1.82, 2.24) is 0 Å². The van der Waals surface area contributed by atoms with Crippen molar-refractivity contribution in [2.75, 3.05) is 0 Å². The van der Waals surface area contributed by atoms with Gasteiger partial charge in [0.25, 0.3) is 0 Å². The minimum atomic E-state index is -0.399. The zero-order valence-electron chi connectivity index (χ0n) is 6.79. The maximum absolute atomic E-state index is 10.5. The van der Waals surface area contributed by atoms with E-state index in [4.69, 9.17) is 0 Å². The van der Waals surface area contributed by atoms with Crippen LogP contribution in [0.4, 0.5) is 0 Å². The molecular formula is C9H14O. The summed E-state index contributed by atoms with van der Waals surface area (Å²) in [6.45, 7) is 5.69. The van der Waals surface area contributed by atoms with Crippen molar-refractivity contribution in [3.63, 3.8) is 0 Å². The van der Waals surface area contributed by atoms with E-state index in [1.807, 2.05) is 45.1 Å². The molecule has 0 aliphatic rings. The Kier molecular flexibility index (Phi) is 3.70. The van der Waals surface area contributed by atoms with Gasteiger partial charge in [0.1, 0.15) is 6.29 Å². The van der Waals surface area contributed by atoms with Crippen molar-refractivity contribution in [1.29, 1.82) is 0 Å². The van der Waals surface area contributed by atoms with Gasteiger partial charge in [-0.1, -0.05) is 24.3 Å². The highest BCUT2D eigenvalue weighted by Crippen LogP contribution is 2.16. The first-order valence-corrected chi connectivity index (χ1v) is 3.42. The summed E-state index contributed by atoms with van der Waals surface area (Å²) in [6.07, 6.45) is 8.45. The number of rotatable bonds is 3. The number of aldehydes is 1. The second-order valence-corrected chi connectivity index (χ2v) is 2.48. The van der Waals surface area contributed by atoms with E-state index in [2.05, 4.69) is 0 Å². The van der Waals surface area contributed by atoms with Crippen LogP contribution in [-0.2, 0) is 4.79 Å². The Morgan fingerprint density at radius 3 is 1.70 bits per heavy atom. The highest BCUT2D eigenvalue weighted by atomic mass is 16.1. The number of carbonyl (C=O) groups excluding carboxylic acids is 1. The number of hydrogen-bond acceptors (Lipinski definition) is 1. The Morgan fingerprint density at radius 1 is 1.10 bits per heavy atom. The van der Waals surface area contributed by atoms with Gasteiger partial charge in [0, 0.05) is 0 Å². The van der Waals surface area contributed by atoms with Crippen LogP contribution in [-0.4, -0.2) is 6.29 Å². The second-order valence-electron chi connectivity index (χ2n) is 2.48. The molecule has 1 heteroatoms. The molecule has 0 aromatic rings. The highest BCUT2D eigenvalue weighted by molar-refractivity contribution is 5.65. The third-order valence-corrected chi connectivity index (χ3v) is 1.31. The molecular weight excluding hydrogens is 124 g/mol. The largest absolute Gasteiger partial charge is 0.302 e. The topological polar surface area (TPSA) is 17.1 Å². The zero-order chi connectivity index (χ0) is 8.04. The first-order valence-electron chi connectivity index (χ1n) is 3.42. The van der Waals surface area contributed by atoms with Crippen LogP contribution in [0.5, 0.6) is 0 Å². The lowest BCUT2D eigenvalue weighted by molar-refractivity contribution is -0.111. The summed E-state index contributed by atoms with van der Waals surface area (Å²) in [7, 11) is 0. The van der Waals surface area contributed by atoms with E-state index in [-0.39, 0.29) is 0 Å². The van der Waals surface area contributed by atoms with Crippen LogP contribution >= 0.6 is 0 Å². The quantitative estimate of drug-likeness (QED) is 0.432. The fourth-order valence-corrected chi connectivity index (χ4v) is 0.852. The summed E-state index contributed by atoms with van der Waals surface area (Å²) >= 11 is 0. The van der Waals surface area contributed by atoms with Crippen LogP contribution in [0.2, 0.25) is 0 Å². The lowest BCUT2D eigenvalue weighted by Crippen LogP contribution is -2.10. The van der Waals surface area contributed by atoms with Gasteiger partial charge < -0.3 is 4.79 Å². The molecule has 0 aromatic heterocycles. The summed E-state index contributed by atoms with van der Waals surface area (Å²) in [5.41, 5.74) is -0.399. The maximum atomic E-state index is 10.5. The molecule has 0 heterocycles. The first kappa shape index (κ1) is 9.15. The smallest absolute Gasteiger partial charge is 0.133 e. The van der Waals surface area contributed by atoms with Gasteiger partial charge >= 0.3 is 0 Å². The van der Waals surface area contributed by atoms with E-state index in [9.17, 15) is 4.79 Å². The second kappa shape index (κ2) is 4.04. The van der Waals surface area contributed by atoms with Crippen LogP contribution in [0.1, 0.15) is 20.8 Å². The van der Waals surface area contributed by atoms with E-state index >= 15 is 0 Å². The van der Waals surface area contributed by atoms with E-state index in [0.717, 1.165) is 6.29 Å². The Labute approximate surface area is 62.4 Å². The normalized spacial score (nSPS) is 13.1. The van der Waals surface area contributed by atoms with E-state index in [1.54, 1.807) is 0 Å². The Bertz CT molecular complexity index is 142. The molecule has 0 atom stereocenters. The van der Waals surface area contributed by atoms with Crippen molar-refractivity contribution in [3.05, 3.63) is 24.3 Å². The minimum Gasteiger partial charge on any atom is -0.302 e. The van der Waals surface area contributed by atoms with Crippen molar-refractivity contribution in [2.45, 2.75) is 20.8 Å². The molecule has 0 aromatic carbocycles. The first-order chi connectivity index (χ1) is 4.68. The van der Waals surface area contributed by atoms with Crippen molar-refractivity contribution >= 4 is 6.29 Å². The maximum Gasteiger partial charge on any atom is 0.133 e. The predicted octanol–water partition coefficient (Wildman–Crippen LogP) is 2.34.